The molecular formula is C14H20O4. The fourth-order valence-electron chi connectivity index (χ4n) is 2.43. The van der Waals surface area contributed by atoms with Gasteiger partial charge in [-0.2, -0.15) is 0 Å². The van der Waals surface area contributed by atoms with Gasteiger partial charge in [-0.1, -0.05) is 0 Å². The lowest BCUT2D eigenvalue weighted by atomic mass is 9.89. The van der Waals surface area contributed by atoms with Crippen molar-refractivity contribution in [2.45, 2.75) is 18.9 Å². The van der Waals surface area contributed by atoms with Crippen molar-refractivity contribution in [1.29, 1.82) is 0 Å². The SMILES string of the molecule is COc1ccc(C2OCCCC2CO)c(OC)c1. The number of methoxy groups -OCH3 is 2. The topological polar surface area (TPSA) is 47.9 Å². The first-order valence-electron chi connectivity index (χ1n) is 6.24. The van der Waals surface area contributed by atoms with E-state index in [1.165, 1.54) is 0 Å². The van der Waals surface area contributed by atoms with Gasteiger partial charge >= 0.3 is 0 Å². The fraction of sp³-hybridized carbons (Fsp3) is 0.571. The van der Waals surface area contributed by atoms with Gasteiger partial charge in [0.1, 0.15) is 11.5 Å². The van der Waals surface area contributed by atoms with Crippen LogP contribution >= 0.6 is 0 Å². The molecule has 0 aromatic heterocycles. The maximum atomic E-state index is 9.44. The standard InChI is InChI=1S/C14H20O4/c1-16-11-5-6-12(13(8-11)17-2)14-10(9-15)4-3-7-18-14/h5-6,8,10,14-15H,3-4,7,9H2,1-2H3. The highest BCUT2D eigenvalue weighted by Gasteiger charge is 2.29. The first kappa shape index (κ1) is 13.2. The molecule has 0 aliphatic carbocycles. The summed E-state index contributed by atoms with van der Waals surface area (Å²) in [5.41, 5.74) is 0.983. The Bertz CT molecular complexity index is 391. The highest BCUT2D eigenvalue weighted by molar-refractivity contribution is 5.42. The first-order chi connectivity index (χ1) is 8.80. The highest BCUT2D eigenvalue weighted by Crippen LogP contribution is 2.39. The Morgan fingerprint density at radius 2 is 2.17 bits per heavy atom. The lowest BCUT2D eigenvalue weighted by Gasteiger charge is -2.31. The quantitative estimate of drug-likeness (QED) is 0.892. The van der Waals surface area contributed by atoms with Gasteiger partial charge in [-0.15, -0.1) is 0 Å². The zero-order chi connectivity index (χ0) is 13.0. The molecule has 1 N–H and O–H groups in total. The summed E-state index contributed by atoms with van der Waals surface area (Å²) >= 11 is 0. The molecule has 1 aliphatic rings. The van der Waals surface area contributed by atoms with E-state index in [4.69, 9.17) is 14.2 Å². The molecule has 4 nitrogen and oxygen atoms in total. The molecule has 2 rings (SSSR count). The van der Waals surface area contributed by atoms with Crippen LogP contribution in [0.25, 0.3) is 0 Å². The summed E-state index contributed by atoms with van der Waals surface area (Å²) in [5, 5.41) is 9.44. The third-order valence-electron chi connectivity index (χ3n) is 3.43. The molecule has 0 amide bonds. The third-order valence-corrected chi connectivity index (χ3v) is 3.43. The van der Waals surface area contributed by atoms with Crippen LogP contribution in [0.5, 0.6) is 11.5 Å². The first-order valence-corrected chi connectivity index (χ1v) is 6.24. The van der Waals surface area contributed by atoms with Gasteiger partial charge in [0, 0.05) is 30.8 Å². The summed E-state index contributed by atoms with van der Waals surface area (Å²) in [4.78, 5) is 0. The number of aliphatic hydroxyl groups excluding tert-OH is 1. The van der Waals surface area contributed by atoms with E-state index in [-0.39, 0.29) is 18.6 Å². The predicted octanol–water partition coefficient (Wildman–Crippen LogP) is 2.16. The maximum Gasteiger partial charge on any atom is 0.128 e. The number of rotatable bonds is 4. The van der Waals surface area contributed by atoms with Crippen molar-refractivity contribution in [2.24, 2.45) is 5.92 Å². The van der Waals surface area contributed by atoms with E-state index < -0.39 is 0 Å². The molecule has 0 bridgehead atoms. The van der Waals surface area contributed by atoms with Crippen LogP contribution in [0.1, 0.15) is 24.5 Å². The zero-order valence-corrected chi connectivity index (χ0v) is 10.9. The minimum Gasteiger partial charge on any atom is -0.497 e. The Kier molecular flexibility index (Phi) is 4.44. The summed E-state index contributed by atoms with van der Waals surface area (Å²) in [7, 11) is 3.26. The normalized spacial score (nSPS) is 23.7. The molecule has 18 heavy (non-hydrogen) atoms. The molecule has 2 unspecified atom stereocenters. The van der Waals surface area contributed by atoms with Gasteiger partial charge in [0.2, 0.25) is 0 Å². The molecule has 1 aromatic rings. The van der Waals surface area contributed by atoms with Crippen LogP contribution in [-0.2, 0) is 4.74 Å². The molecule has 2 atom stereocenters. The number of hydrogen-bond donors (Lipinski definition) is 1. The molecule has 0 radical (unpaired) electrons. The Balaban J connectivity index is 2.30. The minimum atomic E-state index is -0.0930. The van der Waals surface area contributed by atoms with Gasteiger partial charge < -0.3 is 19.3 Å². The van der Waals surface area contributed by atoms with Crippen LogP contribution in [0.2, 0.25) is 0 Å². The summed E-state index contributed by atoms with van der Waals surface area (Å²) < 4.78 is 16.4. The lowest BCUT2D eigenvalue weighted by Crippen LogP contribution is -2.25. The zero-order valence-electron chi connectivity index (χ0n) is 10.9. The van der Waals surface area contributed by atoms with Crippen LogP contribution in [-0.4, -0.2) is 32.5 Å². The van der Waals surface area contributed by atoms with E-state index in [1.807, 2.05) is 18.2 Å². The van der Waals surface area contributed by atoms with Crippen molar-refractivity contribution in [3.63, 3.8) is 0 Å². The van der Waals surface area contributed by atoms with Crippen LogP contribution in [0, 0.1) is 5.92 Å². The largest absolute Gasteiger partial charge is 0.497 e. The maximum absolute atomic E-state index is 9.44. The van der Waals surface area contributed by atoms with Crippen molar-refractivity contribution < 1.29 is 19.3 Å². The Morgan fingerprint density at radius 1 is 1.33 bits per heavy atom. The van der Waals surface area contributed by atoms with E-state index in [0.29, 0.717) is 0 Å². The van der Waals surface area contributed by atoms with Gasteiger partial charge in [0.05, 0.1) is 20.3 Å². The van der Waals surface area contributed by atoms with Crippen molar-refractivity contribution in [2.75, 3.05) is 27.4 Å². The smallest absolute Gasteiger partial charge is 0.128 e. The van der Waals surface area contributed by atoms with Crippen molar-refractivity contribution in [3.8, 4) is 11.5 Å². The second-order valence-electron chi connectivity index (χ2n) is 4.48. The molecule has 1 saturated heterocycles. The number of aliphatic hydroxyl groups is 1. The molecule has 0 saturated carbocycles. The van der Waals surface area contributed by atoms with Gasteiger partial charge in [-0.25, -0.2) is 0 Å². The van der Waals surface area contributed by atoms with E-state index in [2.05, 4.69) is 0 Å². The summed E-state index contributed by atoms with van der Waals surface area (Å²) in [5.74, 6) is 1.65. The minimum absolute atomic E-state index is 0.0930. The molecular weight excluding hydrogens is 232 g/mol. The number of hydrogen-bond acceptors (Lipinski definition) is 4. The van der Waals surface area contributed by atoms with Crippen molar-refractivity contribution in [3.05, 3.63) is 23.8 Å². The van der Waals surface area contributed by atoms with E-state index in [9.17, 15) is 5.11 Å². The summed E-state index contributed by atoms with van der Waals surface area (Å²) in [6.07, 6.45) is 1.89. The van der Waals surface area contributed by atoms with Crippen LogP contribution in [0.3, 0.4) is 0 Å². The second kappa shape index (κ2) is 6.07. The lowest BCUT2D eigenvalue weighted by molar-refractivity contribution is -0.0467. The Morgan fingerprint density at radius 3 is 2.83 bits per heavy atom. The monoisotopic (exact) mass is 252 g/mol. The van der Waals surface area contributed by atoms with E-state index in [1.54, 1.807) is 14.2 Å². The Labute approximate surface area is 107 Å². The molecule has 1 fully saturated rings. The second-order valence-corrected chi connectivity index (χ2v) is 4.48. The Hall–Kier alpha value is -1.26. The van der Waals surface area contributed by atoms with Gasteiger partial charge in [-0.3, -0.25) is 0 Å². The molecule has 0 spiro atoms. The average molecular weight is 252 g/mol. The predicted molar refractivity (Wildman–Crippen MR) is 68.0 cm³/mol. The van der Waals surface area contributed by atoms with Crippen LogP contribution in [0.15, 0.2) is 18.2 Å². The molecule has 1 aromatic carbocycles. The van der Waals surface area contributed by atoms with Crippen molar-refractivity contribution in [1.82, 2.24) is 0 Å². The van der Waals surface area contributed by atoms with Gasteiger partial charge in [-0.05, 0) is 25.0 Å². The fourth-order valence-corrected chi connectivity index (χ4v) is 2.43. The van der Waals surface area contributed by atoms with E-state index in [0.717, 1.165) is 36.5 Å². The molecule has 4 heteroatoms. The third kappa shape index (κ3) is 2.60. The van der Waals surface area contributed by atoms with Gasteiger partial charge in [0.25, 0.3) is 0 Å². The number of benzene rings is 1. The average Bonchev–Trinajstić information content (AvgIpc) is 2.46. The highest BCUT2D eigenvalue weighted by atomic mass is 16.5. The molecule has 100 valence electrons. The van der Waals surface area contributed by atoms with Crippen molar-refractivity contribution >= 4 is 0 Å². The molecule has 1 aliphatic heterocycles. The van der Waals surface area contributed by atoms with E-state index >= 15 is 0 Å². The molecule has 1 heterocycles. The summed E-state index contributed by atoms with van der Waals surface area (Å²) in [6, 6.07) is 5.70. The number of ether oxygens (including phenoxy) is 3. The van der Waals surface area contributed by atoms with Gasteiger partial charge in [0.15, 0.2) is 0 Å². The van der Waals surface area contributed by atoms with Crippen LogP contribution < -0.4 is 9.47 Å². The summed E-state index contributed by atoms with van der Waals surface area (Å²) in [6.45, 7) is 0.871. The van der Waals surface area contributed by atoms with Crippen LogP contribution in [0.4, 0.5) is 0 Å².